The lowest BCUT2D eigenvalue weighted by molar-refractivity contribution is 0.446. The molecule has 5 heteroatoms. The number of thioether (sulfide) groups is 1. The van der Waals surface area contributed by atoms with Gasteiger partial charge in [-0.15, -0.1) is 0 Å². The summed E-state index contributed by atoms with van der Waals surface area (Å²) in [7, 11) is 0. The van der Waals surface area contributed by atoms with Crippen LogP contribution in [0.25, 0.3) is 22.5 Å². The molecule has 0 bridgehead atoms. The van der Waals surface area contributed by atoms with E-state index in [0.717, 1.165) is 82.6 Å². The van der Waals surface area contributed by atoms with Gasteiger partial charge < -0.3 is 4.74 Å². The van der Waals surface area contributed by atoms with Gasteiger partial charge in [0.1, 0.15) is 17.2 Å². The highest BCUT2D eigenvalue weighted by atomic mass is 32.2. The quantitative estimate of drug-likeness (QED) is 0.180. The fourth-order valence-corrected chi connectivity index (χ4v) is 4.84. The van der Waals surface area contributed by atoms with Crippen molar-refractivity contribution in [2.24, 2.45) is 5.92 Å². The number of imidazole rings is 1. The third-order valence-electron chi connectivity index (χ3n) is 5.96. The molecule has 1 aromatic carbocycles. The van der Waals surface area contributed by atoms with Gasteiger partial charge in [-0.2, -0.15) is 0 Å². The van der Waals surface area contributed by atoms with Crippen LogP contribution in [-0.4, -0.2) is 20.1 Å². The van der Waals surface area contributed by atoms with E-state index in [1.54, 1.807) is 11.8 Å². The zero-order chi connectivity index (χ0) is 22.6. The van der Waals surface area contributed by atoms with Crippen LogP contribution in [0, 0.1) is 5.92 Å². The minimum absolute atomic E-state index is 0.556. The number of hydrogen-bond donors (Lipinski definition) is 0. The van der Waals surface area contributed by atoms with Crippen molar-refractivity contribution in [1.29, 1.82) is 0 Å². The first-order valence-electron chi connectivity index (χ1n) is 11.7. The summed E-state index contributed by atoms with van der Waals surface area (Å²) in [6.07, 6.45) is 20.2. The topological polar surface area (TPSA) is 39.4 Å². The minimum atomic E-state index is 0.556. The highest BCUT2D eigenvalue weighted by Gasteiger charge is 2.17. The van der Waals surface area contributed by atoms with Crippen LogP contribution in [-0.2, 0) is 0 Å². The summed E-state index contributed by atoms with van der Waals surface area (Å²) < 4.78 is 8.25. The van der Waals surface area contributed by atoms with Crippen molar-refractivity contribution in [3.05, 3.63) is 84.9 Å². The first kappa shape index (κ1) is 21.8. The van der Waals surface area contributed by atoms with Gasteiger partial charge in [-0.1, -0.05) is 61.7 Å². The van der Waals surface area contributed by atoms with Gasteiger partial charge in [0.25, 0.3) is 0 Å². The Morgan fingerprint density at radius 2 is 2.09 bits per heavy atom. The molecule has 168 valence electrons. The molecule has 0 saturated heterocycles. The molecule has 2 aliphatic rings. The number of benzene rings is 1. The molecule has 0 spiro atoms. The number of hydrogen-bond acceptors (Lipinski definition) is 4. The average molecular weight is 456 g/mol. The zero-order valence-electron chi connectivity index (χ0n) is 19.0. The van der Waals surface area contributed by atoms with Crippen LogP contribution in [0.1, 0.15) is 44.6 Å². The Labute approximate surface area is 199 Å². The number of ether oxygens (including phenoxy) is 1. The lowest BCUT2D eigenvalue weighted by Gasteiger charge is -2.15. The Bertz CT molecular complexity index is 1260. The molecule has 0 radical (unpaired) electrons. The van der Waals surface area contributed by atoms with Crippen LogP contribution < -0.4 is 4.74 Å². The predicted molar refractivity (Wildman–Crippen MR) is 137 cm³/mol. The number of aromatic nitrogens is 3. The molecule has 0 aliphatic heterocycles. The molecule has 0 atom stereocenters. The van der Waals surface area contributed by atoms with Crippen LogP contribution in [0.3, 0.4) is 0 Å². The van der Waals surface area contributed by atoms with Gasteiger partial charge in [-0.05, 0) is 55.1 Å². The molecule has 2 heterocycles. The number of allylic oxidation sites excluding steroid dienone is 7. The first-order valence-corrected chi connectivity index (χ1v) is 12.7. The van der Waals surface area contributed by atoms with E-state index in [1.165, 1.54) is 0 Å². The molecular formula is C28H29N3OS. The number of rotatable bonds is 10. The molecule has 2 aromatic heterocycles. The smallest absolute Gasteiger partial charge is 0.174 e. The Morgan fingerprint density at radius 3 is 2.88 bits per heavy atom. The SMILES string of the molecule is C=C(CCCC1C=CCC=C1)c1ccc(-c2cc3nccn3c(SCC)n2)cc1OC1=CC1. The largest absolute Gasteiger partial charge is 0.461 e. The molecule has 0 fully saturated rings. The van der Waals surface area contributed by atoms with Crippen molar-refractivity contribution in [1.82, 2.24) is 14.4 Å². The van der Waals surface area contributed by atoms with Gasteiger partial charge >= 0.3 is 0 Å². The summed E-state index contributed by atoms with van der Waals surface area (Å²) in [5.74, 6) is 3.41. The molecule has 0 unspecified atom stereocenters. The molecule has 0 saturated carbocycles. The van der Waals surface area contributed by atoms with Crippen molar-refractivity contribution >= 4 is 23.0 Å². The maximum Gasteiger partial charge on any atom is 0.174 e. The molecule has 33 heavy (non-hydrogen) atoms. The molecular weight excluding hydrogens is 426 g/mol. The van der Waals surface area contributed by atoms with Crippen LogP contribution >= 0.6 is 11.8 Å². The van der Waals surface area contributed by atoms with Crippen LogP contribution in [0.5, 0.6) is 5.75 Å². The standard InChI is InChI=1S/C28H29N3OS/c1-3-33-28-30-25(19-27-29-16-17-31(27)28)22-12-15-24(26(18-22)32-23-13-14-23)20(2)8-7-11-21-9-5-4-6-10-21/h5-6,9-10,12-13,15-19,21H,2-4,7-8,11,14H2,1H3. The lowest BCUT2D eigenvalue weighted by Crippen LogP contribution is -1.99. The van der Waals surface area contributed by atoms with Gasteiger partial charge in [0, 0.05) is 36.0 Å². The Kier molecular flexibility index (Phi) is 6.49. The number of nitrogens with zero attached hydrogens (tertiary/aromatic N) is 3. The Hall–Kier alpha value is -3.05. The predicted octanol–water partition coefficient (Wildman–Crippen LogP) is 7.49. The van der Waals surface area contributed by atoms with Crippen LogP contribution in [0.4, 0.5) is 0 Å². The second-order valence-corrected chi connectivity index (χ2v) is 9.68. The highest BCUT2D eigenvalue weighted by Crippen LogP contribution is 2.37. The highest BCUT2D eigenvalue weighted by molar-refractivity contribution is 7.99. The fourth-order valence-electron chi connectivity index (χ4n) is 4.13. The van der Waals surface area contributed by atoms with Crippen molar-refractivity contribution < 1.29 is 4.74 Å². The molecule has 0 amide bonds. The monoisotopic (exact) mass is 455 g/mol. The normalized spacial score (nSPS) is 15.1. The maximum absolute atomic E-state index is 6.21. The summed E-state index contributed by atoms with van der Waals surface area (Å²) in [5.41, 5.74) is 5.06. The van der Waals surface area contributed by atoms with Crippen molar-refractivity contribution in [3.8, 4) is 17.0 Å². The van der Waals surface area contributed by atoms with Crippen LogP contribution in [0.15, 0.2) is 84.5 Å². The van der Waals surface area contributed by atoms with Gasteiger partial charge in [0.15, 0.2) is 5.16 Å². The first-order chi connectivity index (χ1) is 16.2. The van der Waals surface area contributed by atoms with Crippen LogP contribution in [0.2, 0.25) is 0 Å². The number of fused-ring (bicyclic) bond motifs is 1. The van der Waals surface area contributed by atoms with E-state index in [0.29, 0.717) is 5.92 Å². The van der Waals surface area contributed by atoms with E-state index >= 15 is 0 Å². The Balaban J connectivity index is 1.39. The van der Waals surface area contributed by atoms with E-state index in [2.05, 4.69) is 67.1 Å². The second-order valence-electron chi connectivity index (χ2n) is 8.45. The van der Waals surface area contributed by atoms with E-state index in [-0.39, 0.29) is 0 Å². The molecule has 0 N–H and O–H groups in total. The minimum Gasteiger partial charge on any atom is -0.461 e. The lowest BCUT2D eigenvalue weighted by atomic mass is 9.93. The third kappa shape index (κ3) is 5.14. The van der Waals surface area contributed by atoms with Crippen molar-refractivity contribution in [2.45, 2.75) is 44.2 Å². The van der Waals surface area contributed by atoms with E-state index in [1.807, 2.05) is 22.9 Å². The summed E-state index contributed by atoms with van der Waals surface area (Å²) in [5, 5.41) is 0.953. The zero-order valence-corrected chi connectivity index (χ0v) is 19.9. The average Bonchev–Trinajstić information content (AvgIpc) is 3.52. The van der Waals surface area contributed by atoms with Crippen molar-refractivity contribution in [3.63, 3.8) is 0 Å². The maximum atomic E-state index is 6.21. The molecule has 4 nitrogen and oxygen atoms in total. The van der Waals surface area contributed by atoms with E-state index < -0.39 is 0 Å². The van der Waals surface area contributed by atoms with Gasteiger partial charge in [0.05, 0.1) is 5.69 Å². The summed E-state index contributed by atoms with van der Waals surface area (Å²) in [4.78, 5) is 9.42. The summed E-state index contributed by atoms with van der Waals surface area (Å²) in [6, 6.07) is 8.41. The third-order valence-corrected chi connectivity index (χ3v) is 6.79. The fraction of sp³-hybridized carbons (Fsp3) is 0.286. The summed E-state index contributed by atoms with van der Waals surface area (Å²) >= 11 is 1.72. The van der Waals surface area contributed by atoms with Gasteiger partial charge in [-0.25, -0.2) is 9.97 Å². The van der Waals surface area contributed by atoms with Gasteiger partial charge in [-0.3, -0.25) is 4.40 Å². The van der Waals surface area contributed by atoms with Crippen molar-refractivity contribution in [2.75, 3.05) is 5.75 Å². The van der Waals surface area contributed by atoms with Gasteiger partial charge in [0.2, 0.25) is 0 Å². The van der Waals surface area contributed by atoms with E-state index in [9.17, 15) is 0 Å². The summed E-state index contributed by atoms with van der Waals surface area (Å²) in [6.45, 7) is 6.54. The molecule has 2 aliphatic carbocycles. The van der Waals surface area contributed by atoms with E-state index in [4.69, 9.17) is 9.72 Å². The second kappa shape index (κ2) is 9.84. The molecule has 3 aromatic rings. The molecule has 5 rings (SSSR count). The Morgan fingerprint density at radius 1 is 1.24 bits per heavy atom.